The van der Waals surface area contributed by atoms with Crippen molar-refractivity contribution in [2.75, 3.05) is 0 Å². The summed E-state index contributed by atoms with van der Waals surface area (Å²) in [6.07, 6.45) is 0.334. The van der Waals surface area contributed by atoms with E-state index < -0.39 is 0 Å². The van der Waals surface area contributed by atoms with E-state index in [-0.39, 0.29) is 11.6 Å². The van der Waals surface area contributed by atoms with E-state index in [0.29, 0.717) is 6.42 Å². The van der Waals surface area contributed by atoms with Gasteiger partial charge in [-0.15, -0.1) is 11.3 Å². The number of Topliss-reactive ketones (excluding diaryl/α,β-unsaturated/α-hetero) is 1. The van der Waals surface area contributed by atoms with Crippen LogP contribution in [0.1, 0.15) is 20.8 Å². The minimum Gasteiger partial charge on any atom is -0.293 e. The third-order valence-electron chi connectivity index (χ3n) is 2.28. The van der Waals surface area contributed by atoms with Crippen molar-refractivity contribution in [2.24, 2.45) is 0 Å². The van der Waals surface area contributed by atoms with Crippen LogP contribution in [0.25, 0.3) is 0 Å². The largest absolute Gasteiger partial charge is 0.293 e. The smallest absolute Gasteiger partial charge is 0.177 e. The summed E-state index contributed by atoms with van der Waals surface area (Å²) in [5, 5.41) is 1.96. The molecule has 1 aromatic heterocycles. The second-order valence-electron chi connectivity index (χ2n) is 3.71. The first-order chi connectivity index (χ1) is 7.65. The lowest BCUT2D eigenvalue weighted by Crippen LogP contribution is -2.00. The Morgan fingerprint density at radius 2 is 2.00 bits per heavy atom. The van der Waals surface area contributed by atoms with E-state index in [4.69, 9.17) is 0 Å². The molecule has 0 spiro atoms. The lowest BCUT2D eigenvalue weighted by molar-refractivity contribution is 0.0996. The topological polar surface area (TPSA) is 17.1 Å². The fourth-order valence-corrected chi connectivity index (χ4v) is 2.29. The number of halogens is 1. The molecule has 0 atom stereocenters. The van der Waals surface area contributed by atoms with Crippen molar-refractivity contribution < 1.29 is 9.18 Å². The average Bonchev–Trinajstić information content (AvgIpc) is 2.68. The van der Waals surface area contributed by atoms with Gasteiger partial charge < -0.3 is 0 Å². The van der Waals surface area contributed by atoms with Gasteiger partial charge in [0.05, 0.1) is 4.88 Å². The molecule has 0 amide bonds. The molecule has 16 heavy (non-hydrogen) atoms. The number of benzene rings is 1. The molecule has 0 aliphatic rings. The minimum atomic E-state index is -0.275. The van der Waals surface area contributed by atoms with E-state index in [1.165, 1.54) is 23.5 Å². The number of ketones is 1. The predicted octanol–water partition coefficient (Wildman–Crippen LogP) is 3.62. The summed E-state index contributed by atoms with van der Waals surface area (Å²) in [4.78, 5) is 12.6. The molecule has 1 aromatic carbocycles. The molecule has 0 aliphatic carbocycles. The third-order valence-corrected chi connectivity index (χ3v) is 3.37. The van der Waals surface area contributed by atoms with Crippen LogP contribution in [0.3, 0.4) is 0 Å². The summed E-state index contributed by atoms with van der Waals surface area (Å²) in [7, 11) is 0. The maximum atomic E-state index is 12.7. The van der Waals surface area contributed by atoms with Crippen LogP contribution in [0, 0.1) is 12.7 Å². The van der Waals surface area contributed by atoms with Crippen LogP contribution >= 0.6 is 11.3 Å². The fourth-order valence-electron chi connectivity index (χ4n) is 1.45. The molecular formula is C13H11FOS. The normalized spacial score (nSPS) is 10.4. The van der Waals surface area contributed by atoms with Gasteiger partial charge in [-0.25, -0.2) is 4.39 Å². The van der Waals surface area contributed by atoms with Crippen molar-refractivity contribution in [3.63, 3.8) is 0 Å². The summed E-state index contributed by atoms with van der Waals surface area (Å²) in [5.41, 5.74) is 1.95. The van der Waals surface area contributed by atoms with Gasteiger partial charge in [0, 0.05) is 6.42 Å². The van der Waals surface area contributed by atoms with Crippen LogP contribution in [0.4, 0.5) is 4.39 Å². The van der Waals surface area contributed by atoms with Gasteiger partial charge in [-0.3, -0.25) is 4.79 Å². The molecule has 2 rings (SSSR count). The van der Waals surface area contributed by atoms with E-state index in [1.54, 1.807) is 12.1 Å². The van der Waals surface area contributed by atoms with Crippen LogP contribution in [0.15, 0.2) is 35.7 Å². The van der Waals surface area contributed by atoms with Crippen LogP contribution in [-0.4, -0.2) is 5.78 Å². The Hall–Kier alpha value is -1.48. The number of aryl methyl sites for hydroxylation is 1. The molecular weight excluding hydrogens is 223 g/mol. The molecule has 0 aliphatic heterocycles. The quantitative estimate of drug-likeness (QED) is 0.741. The van der Waals surface area contributed by atoms with Gasteiger partial charge in [0.15, 0.2) is 5.78 Å². The number of hydrogen-bond donors (Lipinski definition) is 0. The highest BCUT2D eigenvalue weighted by atomic mass is 32.1. The number of carbonyl (C=O) groups excluding carboxylic acids is 1. The van der Waals surface area contributed by atoms with Crippen molar-refractivity contribution in [1.82, 2.24) is 0 Å². The Morgan fingerprint density at radius 1 is 1.31 bits per heavy atom. The summed E-state index contributed by atoms with van der Waals surface area (Å²) in [5.74, 6) is -0.187. The molecule has 82 valence electrons. The highest BCUT2D eigenvalue weighted by Gasteiger charge is 2.08. The van der Waals surface area contributed by atoms with E-state index in [0.717, 1.165) is 16.0 Å². The van der Waals surface area contributed by atoms with Gasteiger partial charge in [-0.1, -0.05) is 12.1 Å². The summed E-state index contributed by atoms with van der Waals surface area (Å²) in [6.45, 7) is 1.96. The zero-order valence-corrected chi connectivity index (χ0v) is 9.68. The molecule has 0 unspecified atom stereocenters. The zero-order chi connectivity index (χ0) is 11.5. The standard InChI is InChI=1S/C13H11FOS/c1-9-6-13(16-8-9)12(15)7-10-2-4-11(14)5-3-10/h2-6,8H,7H2,1H3. The number of thiophene rings is 1. The Labute approximate surface area is 97.6 Å². The van der Waals surface area contributed by atoms with Gasteiger partial charge in [-0.05, 0) is 41.6 Å². The van der Waals surface area contributed by atoms with Crippen LogP contribution in [-0.2, 0) is 6.42 Å². The van der Waals surface area contributed by atoms with Crippen molar-refractivity contribution in [3.8, 4) is 0 Å². The summed E-state index contributed by atoms with van der Waals surface area (Å²) >= 11 is 1.46. The molecule has 0 fully saturated rings. The number of hydrogen-bond acceptors (Lipinski definition) is 2. The average molecular weight is 234 g/mol. The van der Waals surface area contributed by atoms with Gasteiger partial charge in [0.25, 0.3) is 0 Å². The first-order valence-electron chi connectivity index (χ1n) is 4.98. The second kappa shape index (κ2) is 4.58. The minimum absolute atomic E-state index is 0.0877. The van der Waals surface area contributed by atoms with E-state index in [9.17, 15) is 9.18 Å². The fraction of sp³-hybridized carbons (Fsp3) is 0.154. The van der Waals surface area contributed by atoms with Crippen molar-refractivity contribution in [3.05, 3.63) is 57.5 Å². The van der Waals surface area contributed by atoms with Gasteiger partial charge in [-0.2, -0.15) is 0 Å². The van der Waals surface area contributed by atoms with Crippen molar-refractivity contribution >= 4 is 17.1 Å². The molecule has 0 N–H and O–H groups in total. The van der Waals surface area contributed by atoms with E-state index in [2.05, 4.69) is 0 Å². The lowest BCUT2D eigenvalue weighted by Gasteiger charge is -1.98. The number of rotatable bonds is 3. The summed E-state index contributed by atoms with van der Waals surface area (Å²) < 4.78 is 12.7. The molecule has 0 saturated carbocycles. The predicted molar refractivity (Wildman–Crippen MR) is 63.5 cm³/mol. The highest BCUT2D eigenvalue weighted by molar-refractivity contribution is 7.12. The van der Waals surface area contributed by atoms with Gasteiger partial charge >= 0.3 is 0 Å². The first-order valence-corrected chi connectivity index (χ1v) is 5.86. The van der Waals surface area contributed by atoms with E-state index >= 15 is 0 Å². The summed E-state index contributed by atoms with van der Waals surface area (Å²) in [6, 6.07) is 7.93. The monoisotopic (exact) mass is 234 g/mol. The Morgan fingerprint density at radius 3 is 2.56 bits per heavy atom. The molecule has 0 saturated heterocycles. The molecule has 2 aromatic rings. The SMILES string of the molecule is Cc1csc(C(=O)Cc2ccc(F)cc2)c1. The Kier molecular flexibility index (Phi) is 3.15. The lowest BCUT2D eigenvalue weighted by atomic mass is 10.1. The van der Waals surface area contributed by atoms with Crippen LogP contribution in [0.5, 0.6) is 0 Å². The number of carbonyl (C=O) groups is 1. The van der Waals surface area contributed by atoms with Crippen molar-refractivity contribution in [2.45, 2.75) is 13.3 Å². The molecule has 1 nitrogen and oxygen atoms in total. The van der Waals surface area contributed by atoms with Gasteiger partial charge in [0.1, 0.15) is 5.82 Å². The zero-order valence-electron chi connectivity index (χ0n) is 8.87. The van der Waals surface area contributed by atoms with Crippen LogP contribution < -0.4 is 0 Å². The Bertz CT molecular complexity index is 499. The van der Waals surface area contributed by atoms with Crippen molar-refractivity contribution in [1.29, 1.82) is 0 Å². The molecule has 1 heterocycles. The molecule has 0 bridgehead atoms. The molecule has 0 radical (unpaired) electrons. The highest BCUT2D eigenvalue weighted by Crippen LogP contribution is 2.16. The van der Waals surface area contributed by atoms with E-state index in [1.807, 2.05) is 18.4 Å². The third kappa shape index (κ3) is 2.55. The second-order valence-corrected chi connectivity index (χ2v) is 4.63. The van der Waals surface area contributed by atoms with Gasteiger partial charge in [0.2, 0.25) is 0 Å². The first kappa shape index (κ1) is 11.0. The molecule has 3 heteroatoms. The van der Waals surface area contributed by atoms with Crippen LogP contribution in [0.2, 0.25) is 0 Å². The Balaban J connectivity index is 2.10. The maximum Gasteiger partial charge on any atom is 0.177 e. The maximum absolute atomic E-state index is 12.7.